The summed E-state index contributed by atoms with van der Waals surface area (Å²) in [5.74, 6) is 1.46. The van der Waals surface area contributed by atoms with E-state index < -0.39 is 0 Å². The Balaban J connectivity index is 1.73. The topological polar surface area (TPSA) is 15.6 Å². The number of amidine groups is 1. The number of nitrogens with zero attached hydrogens (tertiary/aromatic N) is 2. The molecule has 2 heteroatoms. The quantitative estimate of drug-likeness (QED) is 0.768. The van der Waals surface area contributed by atoms with Crippen LogP contribution in [0.15, 0.2) is 83.5 Å². The molecule has 23 heavy (non-hydrogen) atoms. The third kappa shape index (κ3) is 1.61. The van der Waals surface area contributed by atoms with Crippen LogP contribution in [0.25, 0.3) is 0 Å². The number of hydrogen-bond acceptors (Lipinski definition) is 2. The molecular weight excluding hydrogens is 280 g/mol. The van der Waals surface area contributed by atoms with Gasteiger partial charge in [-0.05, 0) is 24.1 Å². The lowest BCUT2D eigenvalue weighted by Gasteiger charge is -2.48. The highest BCUT2D eigenvalue weighted by Crippen LogP contribution is 2.51. The molecule has 2 atom stereocenters. The van der Waals surface area contributed by atoms with E-state index in [1.54, 1.807) is 0 Å². The highest BCUT2D eigenvalue weighted by molar-refractivity contribution is 6.02. The van der Waals surface area contributed by atoms with E-state index in [1.807, 2.05) is 0 Å². The molecule has 0 saturated heterocycles. The zero-order valence-electron chi connectivity index (χ0n) is 13.1. The Bertz CT molecular complexity index is 876. The summed E-state index contributed by atoms with van der Waals surface area (Å²) in [6.45, 7) is 3.25. The summed E-state index contributed by atoms with van der Waals surface area (Å²) in [6, 6.07) is 19.4. The lowest BCUT2D eigenvalue weighted by Crippen LogP contribution is -2.53. The average Bonchev–Trinajstić information content (AvgIpc) is 2.89. The average molecular weight is 298 g/mol. The molecule has 0 N–H and O–H groups in total. The van der Waals surface area contributed by atoms with Gasteiger partial charge in [-0.2, -0.15) is 0 Å². The summed E-state index contributed by atoms with van der Waals surface area (Å²) in [4.78, 5) is 7.52. The van der Waals surface area contributed by atoms with Crippen molar-refractivity contribution in [3.63, 3.8) is 0 Å². The fourth-order valence-electron chi connectivity index (χ4n) is 4.23. The maximum absolute atomic E-state index is 5.03. The SMILES string of the molecule is CC12C3=CC=CC1c1ccccc1CN2C(c1ccccc1)=N3. The zero-order valence-corrected chi connectivity index (χ0v) is 13.1. The molecule has 0 saturated carbocycles. The Kier molecular flexibility index (Phi) is 2.49. The summed E-state index contributed by atoms with van der Waals surface area (Å²) >= 11 is 0. The highest BCUT2D eigenvalue weighted by Gasteiger charge is 2.52. The van der Waals surface area contributed by atoms with Crippen LogP contribution in [0.5, 0.6) is 0 Å². The monoisotopic (exact) mass is 298 g/mol. The second-order valence-corrected chi connectivity index (χ2v) is 6.65. The first-order chi connectivity index (χ1) is 11.3. The second-order valence-electron chi connectivity index (χ2n) is 6.65. The normalized spacial score (nSPS) is 27.2. The van der Waals surface area contributed by atoms with E-state index in [4.69, 9.17) is 4.99 Å². The smallest absolute Gasteiger partial charge is 0.137 e. The van der Waals surface area contributed by atoms with Crippen molar-refractivity contribution in [3.8, 4) is 0 Å². The van der Waals surface area contributed by atoms with Gasteiger partial charge in [-0.25, -0.2) is 4.99 Å². The Morgan fingerprint density at radius 3 is 2.70 bits per heavy atom. The minimum Gasteiger partial charge on any atom is -0.340 e. The van der Waals surface area contributed by atoms with Crippen LogP contribution in [0.1, 0.15) is 29.5 Å². The molecule has 0 amide bonds. The fraction of sp³-hybridized carbons (Fsp3) is 0.190. The van der Waals surface area contributed by atoms with Gasteiger partial charge in [0.15, 0.2) is 0 Å². The van der Waals surface area contributed by atoms with E-state index in [1.165, 1.54) is 22.4 Å². The predicted octanol–water partition coefficient (Wildman–Crippen LogP) is 4.26. The van der Waals surface area contributed by atoms with E-state index in [0.29, 0.717) is 5.92 Å². The molecule has 2 unspecified atom stereocenters. The zero-order chi connectivity index (χ0) is 15.4. The fourth-order valence-corrected chi connectivity index (χ4v) is 4.23. The van der Waals surface area contributed by atoms with Gasteiger partial charge in [0.1, 0.15) is 5.84 Å². The van der Waals surface area contributed by atoms with E-state index in [2.05, 4.69) is 84.6 Å². The molecule has 2 aromatic rings. The number of rotatable bonds is 1. The molecule has 0 spiro atoms. The molecule has 2 nitrogen and oxygen atoms in total. The molecule has 5 rings (SSSR count). The molecule has 0 fully saturated rings. The van der Waals surface area contributed by atoms with Crippen molar-refractivity contribution in [2.24, 2.45) is 4.99 Å². The minimum atomic E-state index is -0.0751. The molecule has 2 aromatic carbocycles. The van der Waals surface area contributed by atoms with Gasteiger partial charge < -0.3 is 4.90 Å². The molecule has 0 aromatic heterocycles. The van der Waals surface area contributed by atoms with Gasteiger partial charge >= 0.3 is 0 Å². The highest BCUT2D eigenvalue weighted by atomic mass is 15.3. The second kappa shape index (κ2) is 4.45. The maximum Gasteiger partial charge on any atom is 0.137 e. The van der Waals surface area contributed by atoms with Gasteiger partial charge in [0.2, 0.25) is 0 Å². The van der Waals surface area contributed by atoms with Crippen LogP contribution >= 0.6 is 0 Å². The lowest BCUT2D eigenvalue weighted by molar-refractivity contribution is 0.201. The predicted molar refractivity (Wildman–Crippen MR) is 93.3 cm³/mol. The Morgan fingerprint density at radius 2 is 1.83 bits per heavy atom. The van der Waals surface area contributed by atoms with Crippen molar-refractivity contribution in [1.29, 1.82) is 0 Å². The van der Waals surface area contributed by atoms with Crippen LogP contribution in [-0.2, 0) is 6.54 Å². The molecule has 1 aliphatic carbocycles. The van der Waals surface area contributed by atoms with Crippen LogP contribution in [0.3, 0.4) is 0 Å². The summed E-state index contributed by atoms with van der Waals surface area (Å²) < 4.78 is 0. The molecular formula is C21H18N2. The molecule has 2 aliphatic heterocycles. The first kappa shape index (κ1) is 12.9. The Hall–Kier alpha value is -2.61. The minimum absolute atomic E-state index is 0.0751. The largest absolute Gasteiger partial charge is 0.340 e. The summed E-state index contributed by atoms with van der Waals surface area (Å²) in [5.41, 5.74) is 5.15. The molecule has 112 valence electrons. The molecule has 0 bridgehead atoms. The number of fused-ring (bicyclic) bond motifs is 2. The Labute approximate surface area is 136 Å². The van der Waals surface area contributed by atoms with Crippen LogP contribution in [0.4, 0.5) is 0 Å². The summed E-state index contributed by atoms with van der Waals surface area (Å²) in [5, 5.41) is 0. The van der Waals surface area contributed by atoms with Crippen molar-refractivity contribution < 1.29 is 0 Å². The van der Waals surface area contributed by atoms with Crippen LogP contribution in [0, 0.1) is 0 Å². The van der Waals surface area contributed by atoms with Crippen LogP contribution in [-0.4, -0.2) is 16.3 Å². The van der Waals surface area contributed by atoms with Crippen molar-refractivity contribution in [2.75, 3.05) is 0 Å². The van der Waals surface area contributed by atoms with Crippen molar-refractivity contribution in [3.05, 3.63) is 95.2 Å². The van der Waals surface area contributed by atoms with Gasteiger partial charge in [0.25, 0.3) is 0 Å². The summed E-state index contributed by atoms with van der Waals surface area (Å²) in [7, 11) is 0. The third-order valence-electron chi connectivity index (χ3n) is 5.48. The standard InChI is InChI=1S/C21H18N2/c1-21-18-12-7-13-19(21)22-20(15-8-3-2-4-9-15)23(21)14-16-10-5-6-11-17(16)18/h2-13,18H,14H2,1H3. The van der Waals surface area contributed by atoms with Gasteiger partial charge in [0.05, 0.1) is 11.2 Å². The van der Waals surface area contributed by atoms with Gasteiger partial charge in [-0.1, -0.05) is 66.7 Å². The first-order valence-electron chi connectivity index (χ1n) is 8.17. The van der Waals surface area contributed by atoms with Gasteiger partial charge in [0, 0.05) is 18.0 Å². The maximum atomic E-state index is 5.03. The van der Waals surface area contributed by atoms with Crippen LogP contribution in [0.2, 0.25) is 0 Å². The summed E-state index contributed by atoms with van der Waals surface area (Å²) in [6.07, 6.45) is 6.67. The number of hydrogen-bond donors (Lipinski definition) is 0. The third-order valence-corrected chi connectivity index (χ3v) is 5.48. The van der Waals surface area contributed by atoms with Crippen molar-refractivity contribution in [1.82, 2.24) is 4.90 Å². The van der Waals surface area contributed by atoms with E-state index >= 15 is 0 Å². The Morgan fingerprint density at radius 1 is 1.04 bits per heavy atom. The van der Waals surface area contributed by atoms with Gasteiger partial charge in [-0.3, -0.25) is 0 Å². The van der Waals surface area contributed by atoms with Crippen molar-refractivity contribution >= 4 is 5.84 Å². The van der Waals surface area contributed by atoms with Crippen LogP contribution < -0.4 is 0 Å². The molecule has 0 radical (unpaired) electrons. The van der Waals surface area contributed by atoms with E-state index in [-0.39, 0.29) is 5.54 Å². The van der Waals surface area contributed by atoms with Crippen molar-refractivity contribution in [2.45, 2.75) is 24.9 Å². The first-order valence-corrected chi connectivity index (χ1v) is 8.17. The molecule has 2 heterocycles. The van der Waals surface area contributed by atoms with Gasteiger partial charge in [-0.15, -0.1) is 0 Å². The number of allylic oxidation sites excluding steroid dienone is 2. The molecule has 3 aliphatic rings. The van der Waals surface area contributed by atoms with E-state index in [0.717, 1.165) is 12.4 Å². The van der Waals surface area contributed by atoms with E-state index in [9.17, 15) is 0 Å². The number of benzene rings is 2. The number of aliphatic imine (C=N–C) groups is 1. The lowest BCUT2D eigenvalue weighted by atomic mass is 9.71.